The Morgan fingerprint density at radius 1 is 1.24 bits per heavy atom. The third kappa shape index (κ3) is 3.22. The van der Waals surface area contributed by atoms with Crippen LogP contribution in [0.15, 0.2) is 12.1 Å². The van der Waals surface area contributed by atoms with E-state index in [4.69, 9.17) is 13.8 Å². The van der Waals surface area contributed by atoms with Crippen LogP contribution < -0.4 is 4.74 Å². The molecule has 1 N–H and O–H groups in total. The van der Waals surface area contributed by atoms with Crippen LogP contribution in [-0.4, -0.2) is 26.4 Å². The Bertz CT molecular complexity index is 436. The summed E-state index contributed by atoms with van der Waals surface area (Å²) < 4.78 is 26.7. The van der Waals surface area contributed by atoms with E-state index in [0.29, 0.717) is 11.3 Å². The smallest absolute Gasteiger partial charge is 0.334 e. The lowest BCUT2D eigenvalue weighted by molar-refractivity contribution is 0.274. The molecule has 0 saturated carbocycles. The number of hydrogen-bond acceptors (Lipinski definition) is 5. The van der Waals surface area contributed by atoms with Gasteiger partial charge in [-0.15, -0.1) is 0 Å². The van der Waals surface area contributed by atoms with Crippen molar-refractivity contribution in [1.29, 1.82) is 0 Å². The van der Waals surface area contributed by atoms with Crippen molar-refractivity contribution in [3.05, 3.63) is 23.3 Å². The fourth-order valence-electron chi connectivity index (χ4n) is 1.49. The summed E-state index contributed by atoms with van der Waals surface area (Å²) >= 11 is 0. The summed E-state index contributed by atoms with van der Waals surface area (Å²) in [7, 11) is 1.04. The Labute approximate surface area is 101 Å². The first-order valence-electron chi connectivity index (χ1n) is 5.02. The van der Waals surface area contributed by atoms with E-state index in [9.17, 15) is 9.67 Å². The zero-order valence-electron chi connectivity index (χ0n) is 10.4. The number of phenols is 1. The summed E-state index contributed by atoms with van der Waals surface area (Å²) in [6.45, 7) is 1.74. The van der Waals surface area contributed by atoms with Crippen LogP contribution in [0.1, 0.15) is 11.1 Å². The molecule has 0 aliphatic carbocycles. The molecule has 17 heavy (non-hydrogen) atoms. The highest BCUT2D eigenvalue weighted by Gasteiger charge is 2.22. The standard InChI is InChI=1S/C11H17O5P/c1-8-5-9(6-10(14-2)11(8)12)7-17(13,15-3)16-4/h5-6,12H,7H2,1-4H3. The molecule has 5 nitrogen and oxygen atoms in total. The summed E-state index contributed by atoms with van der Waals surface area (Å²) in [6.07, 6.45) is 0.136. The molecule has 0 saturated heterocycles. The lowest BCUT2D eigenvalue weighted by Crippen LogP contribution is -1.95. The molecule has 1 aromatic rings. The largest absolute Gasteiger partial charge is 0.504 e. The molecule has 96 valence electrons. The van der Waals surface area contributed by atoms with E-state index >= 15 is 0 Å². The number of hydrogen-bond donors (Lipinski definition) is 1. The second kappa shape index (κ2) is 5.54. The molecule has 0 bridgehead atoms. The maximum Gasteiger partial charge on any atom is 0.334 e. The van der Waals surface area contributed by atoms with Gasteiger partial charge in [0.1, 0.15) is 0 Å². The number of ether oxygens (including phenoxy) is 1. The van der Waals surface area contributed by atoms with Gasteiger partial charge in [0.2, 0.25) is 0 Å². The van der Waals surface area contributed by atoms with Gasteiger partial charge < -0.3 is 18.9 Å². The van der Waals surface area contributed by atoms with Gasteiger partial charge in [0.25, 0.3) is 0 Å². The van der Waals surface area contributed by atoms with Gasteiger partial charge >= 0.3 is 7.60 Å². The van der Waals surface area contributed by atoms with E-state index in [-0.39, 0.29) is 11.9 Å². The fourth-order valence-corrected chi connectivity index (χ4v) is 2.53. The third-order valence-electron chi connectivity index (χ3n) is 2.48. The highest BCUT2D eigenvalue weighted by molar-refractivity contribution is 7.52. The van der Waals surface area contributed by atoms with Gasteiger partial charge in [-0.1, -0.05) is 6.07 Å². The fraction of sp³-hybridized carbons (Fsp3) is 0.455. The van der Waals surface area contributed by atoms with E-state index in [1.165, 1.54) is 21.3 Å². The molecule has 1 aromatic carbocycles. The average Bonchev–Trinajstić information content (AvgIpc) is 2.33. The van der Waals surface area contributed by atoms with Crippen LogP contribution >= 0.6 is 7.60 Å². The lowest BCUT2D eigenvalue weighted by atomic mass is 10.1. The van der Waals surface area contributed by atoms with E-state index < -0.39 is 7.60 Å². The first-order chi connectivity index (χ1) is 7.95. The van der Waals surface area contributed by atoms with E-state index in [1.54, 1.807) is 19.1 Å². The van der Waals surface area contributed by atoms with Gasteiger partial charge in [0.05, 0.1) is 13.3 Å². The molecular formula is C11H17O5P. The first kappa shape index (κ1) is 14.0. The van der Waals surface area contributed by atoms with Crippen molar-refractivity contribution in [3.63, 3.8) is 0 Å². The second-order valence-corrected chi connectivity index (χ2v) is 5.87. The topological polar surface area (TPSA) is 65.0 Å². The Morgan fingerprint density at radius 3 is 2.29 bits per heavy atom. The number of benzene rings is 1. The molecule has 0 aliphatic heterocycles. The lowest BCUT2D eigenvalue weighted by Gasteiger charge is -2.15. The highest BCUT2D eigenvalue weighted by Crippen LogP contribution is 2.50. The van der Waals surface area contributed by atoms with Gasteiger partial charge in [-0.3, -0.25) is 4.57 Å². The summed E-state index contributed by atoms with van der Waals surface area (Å²) in [4.78, 5) is 0. The van der Waals surface area contributed by atoms with E-state index in [1.807, 2.05) is 0 Å². The van der Waals surface area contributed by atoms with Gasteiger partial charge in [-0.05, 0) is 24.1 Å². The van der Waals surface area contributed by atoms with Gasteiger partial charge in [-0.2, -0.15) is 0 Å². The molecule has 0 fully saturated rings. The number of methoxy groups -OCH3 is 1. The molecule has 0 aromatic heterocycles. The Morgan fingerprint density at radius 2 is 1.82 bits per heavy atom. The number of aromatic hydroxyl groups is 1. The van der Waals surface area contributed by atoms with Crippen molar-refractivity contribution in [2.45, 2.75) is 13.1 Å². The summed E-state index contributed by atoms with van der Waals surface area (Å²) in [6, 6.07) is 3.34. The monoisotopic (exact) mass is 260 g/mol. The number of aryl methyl sites for hydroxylation is 1. The molecule has 0 atom stereocenters. The molecule has 6 heteroatoms. The Kier molecular flexibility index (Phi) is 4.57. The Hall–Kier alpha value is -1.03. The molecule has 0 spiro atoms. The molecule has 0 heterocycles. The minimum Gasteiger partial charge on any atom is -0.504 e. The summed E-state index contributed by atoms with van der Waals surface area (Å²) in [5.74, 6) is 0.430. The quantitative estimate of drug-likeness (QED) is 0.824. The van der Waals surface area contributed by atoms with Crippen molar-refractivity contribution in [2.24, 2.45) is 0 Å². The molecule has 0 aliphatic rings. The third-order valence-corrected chi connectivity index (χ3v) is 4.34. The van der Waals surface area contributed by atoms with Crippen LogP contribution in [0, 0.1) is 6.92 Å². The molecule has 0 amide bonds. The average molecular weight is 260 g/mol. The SMILES string of the molecule is COc1cc(CP(=O)(OC)OC)cc(C)c1O. The van der Waals surface area contributed by atoms with E-state index in [0.717, 1.165) is 5.56 Å². The minimum absolute atomic E-state index is 0.0842. The summed E-state index contributed by atoms with van der Waals surface area (Å²) in [5, 5.41) is 9.68. The van der Waals surface area contributed by atoms with Crippen molar-refractivity contribution in [1.82, 2.24) is 0 Å². The van der Waals surface area contributed by atoms with Crippen molar-refractivity contribution in [3.8, 4) is 11.5 Å². The zero-order valence-corrected chi connectivity index (χ0v) is 11.3. The van der Waals surface area contributed by atoms with Gasteiger partial charge in [0.15, 0.2) is 11.5 Å². The van der Waals surface area contributed by atoms with Crippen molar-refractivity contribution in [2.75, 3.05) is 21.3 Å². The highest BCUT2D eigenvalue weighted by atomic mass is 31.2. The van der Waals surface area contributed by atoms with Gasteiger partial charge in [-0.25, -0.2) is 0 Å². The van der Waals surface area contributed by atoms with Crippen LogP contribution in [0.2, 0.25) is 0 Å². The maximum atomic E-state index is 12.0. The maximum absolute atomic E-state index is 12.0. The predicted octanol–water partition coefficient (Wildman–Crippen LogP) is 2.70. The molecule has 1 rings (SSSR count). The summed E-state index contributed by atoms with van der Waals surface area (Å²) in [5.41, 5.74) is 1.38. The molecule has 0 unspecified atom stereocenters. The van der Waals surface area contributed by atoms with Crippen LogP contribution in [0.4, 0.5) is 0 Å². The van der Waals surface area contributed by atoms with Crippen LogP contribution in [0.5, 0.6) is 11.5 Å². The van der Waals surface area contributed by atoms with Crippen LogP contribution in [-0.2, 0) is 19.8 Å². The second-order valence-electron chi connectivity index (χ2n) is 3.60. The number of rotatable bonds is 5. The van der Waals surface area contributed by atoms with Crippen LogP contribution in [0.3, 0.4) is 0 Å². The Balaban J connectivity index is 3.08. The first-order valence-corrected chi connectivity index (χ1v) is 6.75. The number of phenolic OH excluding ortho intramolecular Hbond substituents is 1. The molecular weight excluding hydrogens is 243 g/mol. The minimum atomic E-state index is -3.11. The van der Waals surface area contributed by atoms with Crippen LogP contribution in [0.25, 0.3) is 0 Å². The van der Waals surface area contributed by atoms with E-state index in [2.05, 4.69) is 0 Å². The predicted molar refractivity (Wildman–Crippen MR) is 64.7 cm³/mol. The molecule has 0 radical (unpaired) electrons. The van der Waals surface area contributed by atoms with Crippen molar-refractivity contribution >= 4 is 7.60 Å². The zero-order chi connectivity index (χ0) is 13.1. The normalized spacial score (nSPS) is 11.5. The van der Waals surface area contributed by atoms with Crippen molar-refractivity contribution < 1.29 is 23.5 Å². The van der Waals surface area contributed by atoms with Gasteiger partial charge in [0, 0.05) is 14.2 Å².